The van der Waals surface area contributed by atoms with E-state index in [0.717, 1.165) is 28.0 Å². The van der Waals surface area contributed by atoms with Crippen LogP contribution in [0, 0.1) is 0 Å². The number of fused-ring (bicyclic) bond motifs is 1. The van der Waals surface area contributed by atoms with E-state index in [-0.39, 0.29) is 0 Å². The van der Waals surface area contributed by atoms with E-state index in [2.05, 4.69) is 56.6 Å². The summed E-state index contributed by atoms with van der Waals surface area (Å²) in [5.41, 5.74) is 3.68. The van der Waals surface area contributed by atoms with Crippen LogP contribution in [0.3, 0.4) is 0 Å². The fourth-order valence-corrected chi connectivity index (χ4v) is 4.24. The average Bonchev–Trinajstić information content (AvgIpc) is 2.99. The Kier molecular flexibility index (Phi) is 7.83. The molecule has 1 N–H and O–H groups in total. The molecule has 0 unspecified atom stereocenters. The molecule has 0 aliphatic heterocycles. The molecule has 196 valence electrons. The first kappa shape index (κ1) is 25.5. The molecule has 3 aromatic carbocycles. The van der Waals surface area contributed by atoms with Gasteiger partial charge in [-0.1, -0.05) is 60.7 Å². The number of aromatic nitrogens is 3. The Hall–Kier alpha value is -5.11. The molecule has 39 heavy (non-hydrogen) atoms. The number of methoxy groups -OCH3 is 3. The first-order chi connectivity index (χ1) is 19.2. The van der Waals surface area contributed by atoms with E-state index in [9.17, 15) is 0 Å². The second-order valence-electron chi connectivity index (χ2n) is 8.59. The SMILES string of the molecule is COc1cc(Nc2nccc(N(C/C=C/c3ccccc3)c3cnc4ccccc4c3)n2)cc(OC)c1OC. The highest BCUT2D eigenvalue weighted by Crippen LogP contribution is 2.40. The van der Waals surface area contributed by atoms with Gasteiger partial charge in [0.05, 0.1) is 38.7 Å². The minimum atomic E-state index is 0.424. The van der Waals surface area contributed by atoms with Crippen LogP contribution >= 0.6 is 0 Å². The number of benzene rings is 3. The molecule has 0 bridgehead atoms. The van der Waals surface area contributed by atoms with E-state index in [1.165, 1.54) is 0 Å². The number of ether oxygens (including phenoxy) is 3. The highest BCUT2D eigenvalue weighted by molar-refractivity contribution is 5.83. The van der Waals surface area contributed by atoms with Crippen LogP contribution in [0.4, 0.5) is 23.1 Å². The minimum Gasteiger partial charge on any atom is -0.493 e. The predicted molar refractivity (Wildman–Crippen MR) is 156 cm³/mol. The summed E-state index contributed by atoms with van der Waals surface area (Å²) in [5.74, 6) is 2.72. The van der Waals surface area contributed by atoms with Crippen molar-refractivity contribution < 1.29 is 14.2 Å². The zero-order chi connectivity index (χ0) is 27.0. The maximum atomic E-state index is 5.48. The van der Waals surface area contributed by atoms with E-state index >= 15 is 0 Å². The third-order valence-electron chi connectivity index (χ3n) is 6.12. The van der Waals surface area contributed by atoms with Gasteiger partial charge in [-0.25, -0.2) is 4.98 Å². The van der Waals surface area contributed by atoms with Crippen LogP contribution < -0.4 is 24.4 Å². The van der Waals surface area contributed by atoms with Gasteiger partial charge in [0.1, 0.15) is 5.82 Å². The molecule has 0 saturated heterocycles. The van der Waals surface area contributed by atoms with Gasteiger partial charge in [0.2, 0.25) is 11.7 Å². The van der Waals surface area contributed by atoms with Crippen LogP contribution in [-0.4, -0.2) is 42.8 Å². The van der Waals surface area contributed by atoms with Crippen molar-refractivity contribution in [3.8, 4) is 17.2 Å². The van der Waals surface area contributed by atoms with Crippen molar-refractivity contribution in [3.05, 3.63) is 103 Å². The molecule has 0 spiro atoms. The lowest BCUT2D eigenvalue weighted by Crippen LogP contribution is -2.19. The van der Waals surface area contributed by atoms with Crippen LogP contribution in [0.1, 0.15) is 5.56 Å². The Balaban J connectivity index is 1.49. The summed E-state index contributed by atoms with van der Waals surface area (Å²) in [6, 6.07) is 25.9. The van der Waals surface area contributed by atoms with Crippen molar-refractivity contribution in [1.82, 2.24) is 15.0 Å². The predicted octanol–water partition coefficient (Wildman–Crippen LogP) is 6.65. The number of pyridine rings is 1. The summed E-state index contributed by atoms with van der Waals surface area (Å²) in [6.07, 6.45) is 7.80. The van der Waals surface area contributed by atoms with Gasteiger partial charge in [-0.15, -0.1) is 0 Å². The Morgan fingerprint density at radius 3 is 2.31 bits per heavy atom. The van der Waals surface area contributed by atoms with E-state index < -0.39 is 0 Å². The second-order valence-corrected chi connectivity index (χ2v) is 8.59. The van der Waals surface area contributed by atoms with Crippen molar-refractivity contribution in [2.75, 3.05) is 38.1 Å². The van der Waals surface area contributed by atoms with Gasteiger partial charge >= 0.3 is 0 Å². The zero-order valence-electron chi connectivity index (χ0n) is 22.0. The number of anilines is 4. The third-order valence-corrected chi connectivity index (χ3v) is 6.12. The van der Waals surface area contributed by atoms with Crippen molar-refractivity contribution >= 4 is 40.1 Å². The number of rotatable bonds is 10. The van der Waals surface area contributed by atoms with Crippen molar-refractivity contribution in [2.45, 2.75) is 0 Å². The Morgan fingerprint density at radius 1 is 0.821 bits per heavy atom. The number of para-hydroxylation sites is 1. The zero-order valence-corrected chi connectivity index (χ0v) is 22.0. The quantitative estimate of drug-likeness (QED) is 0.220. The van der Waals surface area contributed by atoms with Gasteiger partial charge in [-0.05, 0) is 23.8 Å². The average molecular weight is 520 g/mol. The molecule has 0 amide bonds. The van der Waals surface area contributed by atoms with E-state index in [4.69, 9.17) is 19.2 Å². The minimum absolute atomic E-state index is 0.424. The van der Waals surface area contributed by atoms with Crippen molar-refractivity contribution in [2.24, 2.45) is 0 Å². The van der Waals surface area contributed by atoms with Crippen LogP contribution in [0.2, 0.25) is 0 Å². The Bertz CT molecular complexity index is 1570. The highest BCUT2D eigenvalue weighted by Gasteiger charge is 2.16. The van der Waals surface area contributed by atoms with E-state index in [1.54, 1.807) is 27.5 Å². The topological polar surface area (TPSA) is 81.6 Å². The standard InChI is InChI=1S/C31H29N5O3/c1-37-27-19-24(20-28(38-2)30(27)39-3)34-31-32-16-15-29(35-31)36(17-9-12-22-10-5-4-6-11-22)25-18-23-13-7-8-14-26(23)33-21-25/h4-16,18-21H,17H2,1-3H3,(H,32,34,35)/b12-9+. The molecule has 8 nitrogen and oxygen atoms in total. The molecule has 0 saturated carbocycles. The monoisotopic (exact) mass is 519 g/mol. The maximum Gasteiger partial charge on any atom is 0.229 e. The first-order valence-corrected chi connectivity index (χ1v) is 12.4. The lowest BCUT2D eigenvalue weighted by molar-refractivity contribution is 0.324. The molecular weight excluding hydrogens is 490 g/mol. The molecule has 2 heterocycles. The van der Waals surface area contributed by atoms with E-state index in [1.807, 2.05) is 60.8 Å². The molecule has 0 fully saturated rings. The Morgan fingerprint density at radius 2 is 1.56 bits per heavy atom. The van der Waals surface area contributed by atoms with Gasteiger partial charge < -0.3 is 24.4 Å². The molecular formula is C31H29N5O3. The van der Waals surface area contributed by atoms with Crippen LogP contribution in [0.25, 0.3) is 17.0 Å². The Labute approximate surface area is 227 Å². The lowest BCUT2D eigenvalue weighted by Gasteiger charge is -2.23. The first-order valence-electron chi connectivity index (χ1n) is 12.4. The smallest absolute Gasteiger partial charge is 0.229 e. The summed E-state index contributed by atoms with van der Waals surface area (Å²) in [5, 5.41) is 4.32. The van der Waals surface area contributed by atoms with Gasteiger partial charge in [0, 0.05) is 35.9 Å². The van der Waals surface area contributed by atoms with Crippen LogP contribution in [0.15, 0.2) is 97.3 Å². The van der Waals surface area contributed by atoms with Gasteiger partial charge in [-0.3, -0.25) is 4.98 Å². The molecule has 0 radical (unpaired) electrons. The molecule has 0 aliphatic rings. The molecule has 5 aromatic rings. The lowest BCUT2D eigenvalue weighted by atomic mass is 10.2. The number of nitrogens with one attached hydrogen (secondary N) is 1. The van der Waals surface area contributed by atoms with Gasteiger partial charge in [0.25, 0.3) is 0 Å². The highest BCUT2D eigenvalue weighted by atomic mass is 16.5. The largest absolute Gasteiger partial charge is 0.493 e. The number of hydrogen-bond donors (Lipinski definition) is 1. The molecule has 0 aliphatic carbocycles. The maximum absolute atomic E-state index is 5.48. The number of nitrogens with zero attached hydrogens (tertiary/aromatic N) is 4. The normalized spacial score (nSPS) is 10.9. The van der Waals surface area contributed by atoms with Crippen LogP contribution in [-0.2, 0) is 0 Å². The van der Waals surface area contributed by atoms with Crippen LogP contribution in [0.5, 0.6) is 17.2 Å². The fraction of sp³-hybridized carbons (Fsp3) is 0.129. The van der Waals surface area contributed by atoms with Gasteiger partial charge in [-0.2, -0.15) is 4.98 Å². The molecule has 0 atom stereocenters. The second kappa shape index (κ2) is 12.0. The summed E-state index contributed by atoms with van der Waals surface area (Å²) in [4.78, 5) is 16.1. The van der Waals surface area contributed by atoms with Crippen molar-refractivity contribution in [1.29, 1.82) is 0 Å². The number of hydrogen-bond acceptors (Lipinski definition) is 8. The fourth-order valence-electron chi connectivity index (χ4n) is 4.24. The van der Waals surface area contributed by atoms with Gasteiger partial charge in [0.15, 0.2) is 11.5 Å². The summed E-state index contributed by atoms with van der Waals surface area (Å²) in [6.45, 7) is 0.579. The molecule has 5 rings (SSSR count). The molecule has 2 aromatic heterocycles. The van der Waals surface area contributed by atoms with E-state index in [0.29, 0.717) is 35.4 Å². The van der Waals surface area contributed by atoms with Crippen molar-refractivity contribution in [3.63, 3.8) is 0 Å². The molecule has 8 heteroatoms. The summed E-state index contributed by atoms with van der Waals surface area (Å²) < 4.78 is 16.4. The third kappa shape index (κ3) is 5.91. The summed E-state index contributed by atoms with van der Waals surface area (Å²) in [7, 11) is 4.73. The summed E-state index contributed by atoms with van der Waals surface area (Å²) >= 11 is 0.